The van der Waals surface area contributed by atoms with Gasteiger partial charge in [-0.2, -0.15) is 0 Å². The van der Waals surface area contributed by atoms with Crippen LogP contribution in [0.25, 0.3) is 0 Å². The topological polar surface area (TPSA) is 58.9 Å². The minimum Gasteiger partial charge on any atom is -0.394 e. The van der Waals surface area contributed by atoms with Gasteiger partial charge in [0.05, 0.1) is 6.61 Å². The summed E-state index contributed by atoms with van der Waals surface area (Å²) in [6.45, 7) is -0.203. The van der Waals surface area contributed by atoms with Crippen LogP contribution >= 0.6 is 0 Å². The van der Waals surface area contributed by atoms with E-state index in [1.54, 1.807) is 12.2 Å². The van der Waals surface area contributed by atoms with Crippen LogP contribution in [0.1, 0.15) is 0 Å². The predicted octanol–water partition coefficient (Wildman–Crippen LogP) is -0.733. The average molecular weight is 160 g/mol. The maximum absolute atomic E-state index is 9.15. The predicted molar refractivity (Wildman–Crippen MR) is 37.9 cm³/mol. The lowest BCUT2D eigenvalue weighted by Gasteiger charge is -2.27. The number of methoxy groups -OCH3 is 1. The molecule has 0 aromatic carbocycles. The fraction of sp³-hybridized carbons (Fsp3) is 0.714. The van der Waals surface area contributed by atoms with Crippen molar-refractivity contribution in [3.05, 3.63) is 12.2 Å². The van der Waals surface area contributed by atoms with E-state index in [0.29, 0.717) is 0 Å². The highest BCUT2D eigenvalue weighted by Crippen LogP contribution is 2.12. The van der Waals surface area contributed by atoms with Crippen molar-refractivity contribution in [2.75, 3.05) is 13.7 Å². The molecule has 3 atom stereocenters. The Kier molecular flexibility index (Phi) is 3.02. The van der Waals surface area contributed by atoms with Gasteiger partial charge in [-0.1, -0.05) is 6.08 Å². The van der Waals surface area contributed by atoms with Gasteiger partial charge in [0.25, 0.3) is 0 Å². The molecule has 1 aliphatic rings. The van der Waals surface area contributed by atoms with Crippen LogP contribution < -0.4 is 0 Å². The van der Waals surface area contributed by atoms with Gasteiger partial charge >= 0.3 is 0 Å². The highest BCUT2D eigenvalue weighted by atomic mass is 16.7. The molecule has 4 heteroatoms. The molecule has 0 aromatic heterocycles. The summed E-state index contributed by atoms with van der Waals surface area (Å²) in [5, 5.41) is 17.9. The molecule has 11 heavy (non-hydrogen) atoms. The van der Waals surface area contributed by atoms with Crippen LogP contribution in [0.4, 0.5) is 0 Å². The van der Waals surface area contributed by atoms with Gasteiger partial charge < -0.3 is 19.7 Å². The first-order valence-electron chi connectivity index (χ1n) is 3.43. The zero-order valence-corrected chi connectivity index (χ0v) is 6.30. The van der Waals surface area contributed by atoms with Crippen LogP contribution in [0.2, 0.25) is 0 Å². The zero-order valence-electron chi connectivity index (χ0n) is 6.30. The average Bonchev–Trinajstić information content (AvgIpc) is 2.05. The molecule has 64 valence electrons. The van der Waals surface area contributed by atoms with Crippen LogP contribution in [-0.2, 0) is 9.47 Å². The molecule has 2 N–H and O–H groups in total. The normalized spacial score (nSPS) is 37.5. The van der Waals surface area contributed by atoms with Crippen molar-refractivity contribution >= 4 is 0 Å². The van der Waals surface area contributed by atoms with E-state index in [1.165, 1.54) is 7.11 Å². The van der Waals surface area contributed by atoms with Crippen LogP contribution in [0.3, 0.4) is 0 Å². The van der Waals surface area contributed by atoms with Crippen molar-refractivity contribution in [2.45, 2.75) is 18.5 Å². The number of hydrogen-bond donors (Lipinski definition) is 2. The van der Waals surface area contributed by atoms with Crippen LogP contribution in [0.5, 0.6) is 0 Å². The molecule has 4 nitrogen and oxygen atoms in total. The van der Waals surface area contributed by atoms with Crippen LogP contribution in [0.15, 0.2) is 12.2 Å². The van der Waals surface area contributed by atoms with Gasteiger partial charge in [-0.15, -0.1) is 0 Å². The molecule has 1 aliphatic heterocycles. The summed E-state index contributed by atoms with van der Waals surface area (Å²) >= 11 is 0. The minimum atomic E-state index is -0.730. The van der Waals surface area contributed by atoms with Crippen molar-refractivity contribution in [1.29, 1.82) is 0 Å². The Hall–Kier alpha value is -0.420. The van der Waals surface area contributed by atoms with E-state index in [-0.39, 0.29) is 6.61 Å². The van der Waals surface area contributed by atoms with Gasteiger partial charge in [0.2, 0.25) is 0 Å². The third-order valence-corrected chi connectivity index (χ3v) is 1.57. The second-order valence-corrected chi connectivity index (χ2v) is 2.34. The van der Waals surface area contributed by atoms with Crippen LogP contribution in [0, 0.1) is 0 Å². The third kappa shape index (κ3) is 2.00. The largest absolute Gasteiger partial charge is 0.394 e. The number of aliphatic hydroxyl groups is 2. The lowest BCUT2D eigenvalue weighted by molar-refractivity contribution is -0.168. The fourth-order valence-corrected chi connectivity index (χ4v) is 0.912. The summed E-state index contributed by atoms with van der Waals surface area (Å²) in [5.41, 5.74) is 0. The zero-order chi connectivity index (χ0) is 8.27. The quantitative estimate of drug-likeness (QED) is 0.523. The maximum Gasteiger partial charge on any atom is 0.177 e. The Morgan fingerprint density at radius 2 is 2.27 bits per heavy atom. The second kappa shape index (κ2) is 3.82. The molecule has 0 saturated heterocycles. The molecule has 0 bridgehead atoms. The van der Waals surface area contributed by atoms with E-state index < -0.39 is 18.5 Å². The molecule has 1 heterocycles. The van der Waals surface area contributed by atoms with Crippen molar-refractivity contribution < 1.29 is 19.7 Å². The Morgan fingerprint density at radius 1 is 1.55 bits per heavy atom. The van der Waals surface area contributed by atoms with Crippen molar-refractivity contribution in [2.24, 2.45) is 0 Å². The molecule has 0 spiro atoms. The summed E-state index contributed by atoms with van der Waals surface area (Å²) in [6, 6.07) is 0. The molecule has 0 radical (unpaired) electrons. The second-order valence-electron chi connectivity index (χ2n) is 2.34. The monoisotopic (exact) mass is 160 g/mol. The van der Waals surface area contributed by atoms with E-state index in [0.717, 1.165) is 0 Å². The van der Waals surface area contributed by atoms with Gasteiger partial charge in [0.1, 0.15) is 12.2 Å². The molecule has 0 aromatic rings. The highest BCUT2D eigenvalue weighted by Gasteiger charge is 2.24. The molecule has 0 fully saturated rings. The summed E-state index contributed by atoms with van der Waals surface area (Å²) in [6.07, 6.45) is 1.42. The molecule has 1 rings (SSSR count). The maximum atomic E-state index is 9.15. The van der Waals surface area contributed by atoms with E-state index in [4.69, 9.17) is 19.7 Å². The van der Waals surface area contributed by atoms with Crippen LogP contribution in [-0.4, -0.2) is 42.4 Å². The van der Waals surface area contributed by atoms with E-state index in [9.17, 15) is 0 Å². The molecule has 0 saturated carbocycles. The number of ether oxygens (including phenoxy) is 2. The first-order valence-corrected chi connectivity index (χ1v) is 3.43. The van der Waals surface area contributed by atoms with Gasteiger partial charge in [-0.25, -0.2) is 0 Å². The Morgan fingerprint density at radius 3 is 2.82 bits per heavy atom. The van der Waals surface area contributed by atoms with E-state index in [2.05, 4.69) is 0 Å². The van der Waals surface area contributed by atoms with Gasteiger partial charge in [-0.05, 0) is 6.08 Å². The summed E-state index contributed by atoms with van der Waals surface area (Å²) in [4.78, 5) is 0. The third-order valence-electron chi connectivity index (χ3n) is 1.57. The number of hydrogen-bond acceptors (Lipinski definition) is 4. The number of aliphatic hydroxyl groups excluding tert-OH is 2. The molecular weight excluding hydrogens is 148 g/mol. The summed E-state index contributed by atoms with van der Waals surface area (Å²) in [7, 11) is 1.50. The van der Waals surface area contributed by atoms with Crippen molar-refractivity contribution in [3.63, 3.8) is 0 Å². The van der Waals surface area contributed by atoms with Gasteiger partial charge in [-0.3, -0.25) is 0 Å². The smallest absolute Gasteiger partial charge is 0.177 e. The van der Waals surface area contributed by atoms with Gasteiger partial charge in [0.15, 0.2) is 6.29 Å². The van der Waals surface area contributed by atoms with E-state index >= 15 is 0 Å². The molecule has 0 amide bonds. The molecule has 0 unspecified atom stereocenters. The Bertz CT molecular complexity index is 145. The van der Waals surface area contributed by atoms with Crippen molar-refractivity contribution in [3.8, 4) is 0 Å². The lowest BCUT2D eigenvalue weighted by Crippen LogP contribution is -2.38. The van der Waals surface area contributed by atoms with Gasteiger partial charge in [0, 0.05) is 7.11 Å². The summed E-state index contributed by atoms with van der Waals surface area (Å²) < 4.78 is 9.93. The Balaban J connectivity index is 2.52. The molecular formula is C7H12O4. The highest BCUT2D eigenvalue weighted by molar-refractivity contribution is 4.99. The van der Waals surface area contributed by atoms with E-state index in [1.807, 2.05) is 0 Å². The SMILES string of the molecule is CO[C@@H]1C=C[C@@H](O)[C@@H](CO)O1. The molecule has 0 aliphatic carbocycles. The van der Waals surface area contributed by atoms with Crippen molar-refractivity contribution in [1.82, 2.24) is 0 Å². The first kappa shape index (κ1) is 8.67. The summed E-state index contributed by atoms with van der Waals surface area (Å²) in [5.74, 6) is 0. The first-order chi connectivity index (χ1) is 5.27. The standard InChI is InChI=1S/C7H12O4/c1-10-7-3-2-5(9)6(4-8)11-7/h2-3,5-9H,4H2,1H3/t5-,6-,7+/m1/s1. The Labute approximate surface area is 65.0 Å². The lowest BCUT2D eigenvalue weighted by atomic mass is 10.1. The fourth-order valence-electron chi connectivity index (χ4n) is 0.912. The number of rotatable bonds is 2. The minimum absolute atomic E-state index is 0.203.